The van der Waals surface area contributed by atoms with Crippen LogP contribution in [-0.2, 0) is 10.3 Å². The molecule has 1 aromatic rings. The second-order valence-corrected chi connectivity index (χ2v) is 8.51. The molecule has 0 aromatic heterocycles. The molecular formula is C20H30N4O2. The van der Waals surface area contributed by atoms with Gasteiger partial charge in [-0.3, -0.25) is 4.79 Å². The van der Waals surface area contributed by atoms with Crippen LogP contribution in [0.15, 0.2) is 30.3 Å². The third-order valence-corrected chi connectivity index (χ3v) is 6.27. The van der Waals surface area contributed by atoms with Crippen molar-refractivity contribution in [1.82, 2.24) is 15.5 Å². The molecule has 0 radical (unpaired) electrons. The minimum atomic E-state index is -0.726. The summed E-state index contributed by atoms with van der Waals surface area (Å²) in [6, 6.07) is 10.4. The molecule has 1 heterocycles. The number of carbonyl (C=O) groups excluding carboxylic acids is 2. The molecular weight excluding hydrogens is 328 g/mol. The number of hydrogen-bond donors (Lipinski definition) is 3. The van der Waals surface area contributed by atoms with E-state index in [1.54, 1.807) is 18.7 Å². The van der Waals surface area contributed by atoms with Gasteiger partial charge in [0.05, 0.1) is 11.0 Å². The zero-order valence-electron chi connectivity index (χ0n) is 16.0. The summed E-state index contributed by atoms with van der Waals surface area (Å²) in [6.07, 6.45) is 3.73. The number of nitrogens with two attached hydrogens (primary N) is 1. The molecule has 1 aromatic carbocycles. The first-order valence-electron chi connectivity index (χ1n) is 9.33. The minimum Gasteiger partial charge on any atom is -0.369 e. The van der Waals surface area contributed by atoms with Gasteiger partial charge >= 0.3 is 6.03 Å². The highest BCUT2D eigenvalue weighted by atomic mass is 16.2. The van der Waals surface area contributed by atoms with E-state index in [0.717, 1.165) is 25.7 Å². The van der Waals surface area contributed by atoms with Gasteiger partial charge in [-0.15, -0.1) is 0 Å². The van der Waals surface area contributed by atoms with Crippen LogP contribution in [0.1, 0.15) is 45.1 Å². The third kappa shape index (κ3) is 3.30. The second kappa shape index (κ2) is 6.58. The van der Waals surface area contributed by atoms with E-state index in [1.807, 2.05) is 13.1 Å². The van der Waals surface area contributed by atoms with E-state index in [-0.39, 0.29) is 23.0 Å². The molecule has 1 saturated heterocycles. The van der Waals surface area contributed by atoms with E-state index in [4.69, 9.17) is 5.73 Å². The van der Waals surface area contributed by atoms with Gasteiger partial charge in [0.1, 0.15) is 0 Å². The molecule has 3 amide bonds. The Morgan fingerprint density at radius 2 is 1.85 bits per heavy atom. The summed E-state index contributed by atoms with van der Waals surface area (Å²) in [6.45, 7) is 4.56. The topological polar surface area (TPSA) is 87.5 Å². The van der Waals surface area contributed by atoms with Crippen molar-refractivity contribution in [3.05, 3.63) is 35.9 Å². The third-order valence-electron chi connectivity index (χ3n) is 6.27. The predicted molar refractivity (Wildman–Crippen MR) is 101 cm³/mol. The lowest BCUT2D eigenvalue weighted by Gasteiger charge is -2.45. The Morgan fingerprint density at radius 3 is 2.38 bits per heavy atom. The van der Waals surface area contributed by atoms with Gasteiger partial charge in [0.25, 0.3) is 0 Å². The molecule has 26 heavy (non-hydrogen) atoms. The molecule has 0 atom stereocenters. The number of primary amides is 1. The highest BCUT2D eigenvalue weighted by Crippen LogP contribution is 2.43. The van der Waals surface area contributed by atoms with Crippen molar-refractivity contribution in [3.8, 4) is 0 Å². The van der Waals surface area contributed by atoms with E-state index in [0.29, 0.717) is 13.1 Å². The molecule has 0 bridgehead atoms. The quantitative estimate of drug-likeness (QED) is 0.752. The standard InChI is InChI=1S/C20H30N4O2/c1-18(2,16(21)25)13-24-14-19(23-17(24)26)9-11-20(22-3,12-10-19)15-7-5-4-6-8-15/h4-8,22H,9-14H2,1-3H3,(H2,21,25)(H,23,26)/t19-,20+. The zero-order chi connectivity index (χ0) is 19.0. The van der Waals surface area contributed by atoms with Crippen LogP contribution in [0.5, 0.6) is 0 Å². The van der Waals surface area contributed by atoms with Crippen molar-refractivity contribution in [1.29, 1.82) is 0 Å². The van der Waals surface area contributed by atoms with Gasteiger partial charge in [0.15, 0.2) is 0 Å². The summed E-state index contributed by atoms with van der Waals surface area (Å²) in [5, 5.41) is 6.73. The maximum Gasteiger partial charge on any atom is 0.318 e. The van der Waals surface area contributed by atoms with Crippen molar-refractivity contribution in [2.45, 2.75) is 50.6 Å². The number of nitrogens with zero attached hydrogens (tertiary/aromatic N) is 1. The lowest BCUT2D eigenvalue weighted by molar-refractivity contribution is -0.126. The van der Waals surface area contributed by atoms with Crippen molar-refractivity contribution in [2.24, 2.45) is 11.1 Å². The number of amides is 3. The Bertz CT molecular complexity index is 678. The largest absolute Gasteiger partial charge is 0.369 e. The summed E-state index contributed by atoms with van der Waals surface area (Å²) >= 11 is 0. The van der Waals surface area contributed by atoms with Crippen molar-refractivity contribution >= 4 is 11.9 Å². The first-order chi connectivity index (χ1) is 12.2. The van der Waals surface area contributed by atoms with Gasteiger partial charge in [-0.1, -0.05) is 30.3 Å². The first-order valence-corrected chi connectivity index (χ1v) is 9.33. The van der Waals surface area contributed by atoms with Crippen molar-refractivity contribution < 1.29 is 9.59 Å². The summed E-state index contributed by atoms with van der Waals surface area (Å²) in [7, 11) is 2.01. The molecule has 4 N–H and O–H groups in total. The molecule has 6 nitrogen and oxygen atoms in total. The molecule has 2 fully saturated rings. The zero-order valence-corrected chi connectivity index (χ0v) is 16.0. The van der Waals surface area contributed by atoms with E-state index in [1.165, 1.54) is 5.56 Å². The Balaban J connectivity index is 1.71. The van der Waals surface area contributed by atoms with Gasteiger partial charge in [-0.2, -0.15) is 0 Å². The Morgan fingerprint density at radius 1 is 1.23 bits per heavy atom. The smallest absolute Gasteiger partial charge is 0.318 e. The summed E-state index contributed by atoms with van der Waals surface area (Å²) in [5.74, 6) is -0.381. The number of urea groups is 1. The van der Waals surface area contributed by atoms with E-state index >= 15 is 0 Å². The van der Waals surface area contributed by atoms with Gasteiger partial charge in [0.2, 0.25) is 5.91 Å². The maximum atomic E-state index is 12.5. The number of hydrogen-bond acceptors (Lipinski definition) is 3. The summed E-state index contributed by atoms with van der Waals surface area (Å²) < 4.78 is 0. The van der Waals surface area contributed by atoms with E-state index in [2.05, 4.69) is 34.9 Å². The molecule has 1 spiro atoms. The van der Waals surface area contributed by atoms with Crippen LogP contribution >= 0.6 is 0 Å². The van der Waals surface area contributed by atoms with Gasteiger partial charge in [-0.05, 0) is 52.1 Å². The monoisotopic (exact) mass is 358 g/mol. The maximum absolute atomic E-state index is 12.5. The molecule has 0 unspecified atom stereocenters. The highest BCUT2D eigenvalue weighted by Gasteiger charge is 2.49. The normalized spacial score (nSPS) is 29.0. The van der Waals surface area contributed by atoms with Crippen LogP contribution in [0.3, 0.4) is 0 Å². The first kappa shape index (κ1) is 18.7. The van der Waals surface area contributed by atoms with Crippen LogP contribution in [-0.4, -0.2) is 42.5 Å². The van der Waals surface area contributed by atoms with E-state index < -0.39 is 5.41 Å². The lowest BCUT2D eigenvalue weighted by Crippen LogP contribution is -2.53. The molecule has 2 aliphatic rings. The number of carbonyl (C=O) groups is 2. The van der Waals surface area contributed by atoms with E-state index in [9.17, 15) is 9.59 Å². The fourth-order valence-electron chi connectivity index (χ4n) is 4.34. The van der Waals surface area contributed by atoms with Crippen molar-refractivity contribution in [2.75, 3.05) is 20.1 Å². The van der Waals surface area contributed by atoms with Crippen LogP contribution in [0.25, 0.3) is 0 Å². The lowest BCUT2D eigenvalue weighted by atomic mass is 9.69. The Kier molecular flexibility index (Phi) is 4.73. The van der Waals surface area contributed by atoms with Crippen LogP contribution in [0.4, 0.5) is 4.79 Å². The van der Waals surface area contributed by atoms with Gasteiger partial charge in [0, 0.05) is 18.6 Å². The van der Waals surface area contributed by atoms with Crippen molar-refractivity contribution in [3.63, 3.8) is 0 Å². The van der Waals surface area contributed by atoms with Gasteiger partial charge in [-0.25, -0.2) is 4.79 Å². The average Bonchev–Trinajstić information content (AvgIpc) is 2.91. The molecule has 3 rings (SSSR count). The summed E-state index contributed by atoms with van der Waals surface area (Å²) in [4.78, 5) is 25.9. The number of nitrogens with one attached hydrogen (secondary N) is 2. The number of rotatable bonds is 5. The van der Waals surface area contributed by atoms with Crippen LogP contribution < -0.4 is 16.4 Å². The molecule has 1 aliphatic heterocycles. The highest BCUT2D eigenvalue weighted by molar-refractivity contribution is 5.82. The summed E-state index contributed by atoms with van der Waals surface area (Å²) in [5.41, 5.74) is 5.80. The Labute approximate surface area is 155 Å². The predicted octanol–water partition coefficient (Wildman–Crippen LogP) is 1.95. The SMILES string of the molecule is CN[C@]1(c2ccccc2)CC[C@]2(CC1)CN(CC(C)(C)C(N)=O)C(=O)N2. The fraction of sp³-hybridized carbons (Fsp3) is 0.600. The van der Waals surface area contributed by atoms with Gasteiger partial charge < -0.3 is 21.3 Å². The van der Waals surface area contributed by atoms with Crippen LogP contribution in [0.2, 0.25) is 0 Å². The molecule has 6 heteroatoms. The second-order valence-electron chi connectivity index (χ2n) is 8.51. The minimum absolute atomic E-state index is 0.0445. The Hall–Kier alpha value is -2.08. The molecule has 1 aliphatic carbocycles. The van der Waals surface area contributed by atoms with Crippen LogP contribution in [0, 0.1) is 5.41 Å². The fourth-order valence-corrected chi connectivity index (χ4v) is 4.34. The average molecular weight is 358 g/mol. The molecule has 142 valence electrons. The number of benzene rings is 1. The molecule has 1 saturated carbocycles.